The monoisotopic (exact) mass is 329 g/mol. The van der Waals surface area contributed by atoms with Crippen LogP contribution in [0.25, 0.3) is 0 Å². The molecule has 0 fully saturated rings. The van der Waals surface area contributed by atoms with Gasteiger partial charge in [-0.1, -0.05) is 36.4 Å². The number of nitrogens with zero attached hydrogens (tertiary/aromatic N) is 2. The lowest BCUT2D eigenvalue weighted by molar-refractivity contribution is -0.415. The largest absolute Gasteiger partial charge is 1.00 e. The van der Waals surface area contributed by atoms with E-state index in [0.29, 0.717) is 6.42 Å². The van der Waals surface area contributed by atoms with Gasteiger partial charge in [-0.3, -0.25) is 4.98 Å². The summed E-state index contributed by atoms with van der Waals surface area (Å²) in [4.78, 5) is 16.8. The first-order chi connectivity index (χ1) is 10.8. The number of nitrogens with one attached hydrogen (secondary N) is 1. The molecule has 2 heterocycles. The van der Waals surface area contributed by atoms with Gasteiger partial charge in [0.1, 0.15) is 6.04 Å². The first kappa shape index (κ1) is 17.2. The number of halogens is 1. The van der Waals surface area contributed by atoms with Crippen LogP contribution < -0.4 is 17.7 Å². The lowest BCUT2D eigenvalue weighted by atomic mass is 10.0. The Labute approximate surface area is 142 Å². The number of pyridine rings is 1. The van der Waals surface area contributed by atoms with Crippen LogP contribution in [0.5, 0.6) is 0 Å². The third-order valence-corrected chi connectivity index (χ3v) is 3.85. The fraction of sp³-hybridized carbons (Fsp3) is 0.278. The molecule has 120 valence electrons. The zero-order chi connectivity index (χ0) is 15.2. The molecule has 1 atom stereocenters. The van der Waals surface area contributed by atoms with Crippen molar-refractivity contribution in [3.8, 4) is 0 Å². The molecule has 4 nitrogen and oxygen atoms in total. The van der Waals surface area contributed by atoms with Crippen LogP contribution in [-0.4, -0.2) is 28.3 Å². The number of benzene rings is 1. The predicted molar refractivity (Wildman–Crippen MR) is 86.1 cm³/mol. The van der Waals surface area contributed by atoms with Gasteiger partial charge in [0, 0.05) is 24.7 Å². The summed E-state index contributed by atoms with van der Waals surface area (Å²) in [7, 11) is 0. The second-order valence-electron chi connectivity index (χ2n) is 5.46. The molecule has 2 aromatic rings. The van der Waals surface area contributed by atoms with Crippen molar-refractivity contribution in [3.05, 3.63) is 66.0 Å². The Morgan fingerprint density at radius 2 is 1.96 bits per heavy atom. The minimum atomic E-state index is -0.0717. The minimum Gasteiger partial charge on any atom is -1.00 e. The smallest absolute Gasteiger partial charge is 0.491 e. The zero-order valence-corrected chi connectivity index (χ0v) is 13.6. The van der Waals surface area contributed by atoms with Gasteiger partial charge in [-0.2, -0.15) is 4.79 Å². The molecule has 1 aromatic carbocycles. The average Bonchev–Trinajstić information content (AvgIpc) is 3.11. The van der Waals surface area contributed by atoms with Crippen molar-refractivity contribution in [1.82, 2.24) is 10.3 Å². The maximum atomic E-state index is 12.4. The van der Waals surface area contributed by atoms with E-state index < -0.39 is 0 Å². The highest BCUT2D eigenvalue weighted by atomic mass is 35.5. The lowest BCUT2D eigenvalue weighted by Crippen LogP contribution is -3.00. The fourth-order valence-electron chi connectivity index (χ4n) is 2.68. The van der Waals surface area contributed by atoms with E-state index in [4.69, 9.17) is 0 Å². The minimum absolute atomic E-state index is 0. The summed E-state index contributed by atoms with van der Waals surface area (Å²) in [5.41, 5.74) is 2.07. The van der Waals surface area contributed by atoms with Gasteiger partial charge in [-0.25, -0.2) is 9.89 Å². The highest BCUT2D eigenvalue weighted by Crippen LogP contribution is 2.17. The van der Waals surface area contributed by atoms with Crippen LogP contribution in [-0.2, 0) is 6.42 Å². The maximum Gasteiger partial charge on any atom is 0.491 e. The molecular formula is C18H20ClN3O. The Morgan fingerprint density at radius 3 is 2.61 bits per heavy atom. The van der Waals surface area contributed by atoms with Crippen LogP contribution in [0.4, 0.5) is 4.79 Å². The average molecular weight is 330 g/mol. The van der Waals surface area contributed by atoms with Gasteiger partial charge in [0.25, 0.3) is 0 Å². The Hall–Kier alpha value is -2.20. The van der Waals surface area contributed by atoms with Gasteiger partial charge in [0.15, 0.2) is 0 Å². The number of hydrogen-bond donors (Lipinski definition) is 1. The van der Waals surface area contributed by atoms with Gasteiger partial charge in [0.2, 0.25) is 0 Å². The summed E-state index contributed by atoms with van der Waals surface area (Å²) in [6.45, 7) is 0.803. The van der Waals surface area contributed by atoms with Crippen molar-refractivity contribution in [3.63, 3.8) is 0 Å². The molecule has 1 aliphatic heterocycles. The van der Waals surface area contributed by atoms with Gasteiger partial charge >= 0.3 is 6.03 Å². The first-order valence-electron chi connectivity index (χ1n) is 7.68. The molecule has 2 amide bonds. The Kier molecular flexibility index (Phi) is 6.29. The second-order valence-corrected chi connectivity index (χ2v) is 5.46. The molecule has 0 radical (unpaired) electrons. The van der Waals surface area contributed by atoms with Crippen molar-refractivity contribution in [2.45, 2.75) is 25.3 Å². The Morgan fingerprint density at radius 1 is 1.17 bits per heavy atom. The van der Waals surface area contributed by atoms with E-state index in [2.05, 4.69) is 10.3 Å². The molecular weight excluding hydrogens is 310 g/mol. The Bertz CT molecular complexity index is 658. The van der Waals surface area contributed by atoms with E-state index in [1.54, 1.807) is 10.8 Å². The van der Waals surface area contributed by atoms with Crippen molar-refractivity contribution >= 4 is 12.2 Å². The molecule has 1 aromatic heterocycles. The molecule has 0 aliphatic carbocycles. The standard InChI is InChI=1S/C18H19N3O.ClH/c22-18(21-12-6-7-13-21)20-17(15-8-2-1-3-9-15)14-16-10-4-5-11-19-16;/h1-5,8-12,17H,6-7,13-14H2;1H. The molecule has 1 N–H and O–H groups in total. The molecule has 1 unspecified atom stereocenters. The third-order valence-electron chi connectivity index (χ3n) is 3.85. The predicted octanol–water partition coefficient (Wildman–Crippen LogP) is -0.0439. The number of amides is 2. The summed E-state index contributed by atoms with van der Waals surface area (Å²) in [6.07, 6.45) is 6.46. The van der Waals surface area contributed by atoms with Crippen molar-refractivity contribution < 1.29 is 21.8 Å². The summed E-state index contributed by atoms with van der Waals surface area (Å²) >= 11 is 0. The number of carbonyl (C=O) groups is 1. The molecule has 3 rings (SSSR count). The molecule has 0 saturated heterocycles. The van der Waals surface area contributed by atoms with Crippen molar-refractivity contribution in [2.24, 2.45) is 0 Å². The van der Waals surface area contributed by atoms with Crippen LogP contribution in [0.15, 0.2) is 54.7 Å². The quantitative estimate of drug-likeness (QED) is 0.800. The van der Waals surface area contributed by atoms with Crippen LogP contribution >= 0.6 is 0 Å². The van der Waals surface area contributed by atoms with Gasteiger partial charge in [0.05, 0.1) is 12.8 Å². The zero-order valence-electron chi connectivity index (χ0n) is 12.9. The van der Waals surface area contributed by atoms with E-state index in [1.165, 1.54) is 0 Å². The maximum absolute atomic E-state index is 12.4. The van der Waals surface area contributed by atoms with E-state index in [-0.39, 0.29) is 24.5 Å². The van der Waals surface area contributed by atoms with Crippen molar-refractivity contribution in [2.75, 3.05) is 6.54 Å². The topological polar surface area (TPSA) is 45.0 Å². The van der Waals surface area contributed by atoms with Crippen LogP contribution in [0.3, 0.4) is 0 Å². The molecule has 1 aliphatic rings. The summed E-state index contributed by atoms with van der Waals surface area (Å²) < 4.78 is 1.77. The summed E-state index contributed by atoms with van der Waals surface area (Å²) in [6, 6.07) is 15.8. The van der Waals surface area contributed by atoms with E-state index >= 15 is 0 Å². The summed E-state index contributed by atoms with van der Waals surface area (Å²) in [5, 5.41) is 3.14. The second kappa shape index (κ2) is 8.44. The fourth-order valence-corrected chi connectivity index (χ4v) is 2.68. The Balaban J connectivity index is 0.00000192. The molecule has 0 saturated carbocycles. The first-order valence-corrected chi connectivity index (χ1v) is 7.68. The molecule has 5 heteroatoms. The van der Waals surface area contributed by atoms with Crippen molar-refractivity contribution in [1.29, 1.82) is 0 Å². The number of urea groups is 1. The molecule has 0 spiro atoms. The number of carbonyl (C=O) groups excluding carboxylic acids is 1. The van der Waals surface area contributed by atoms with Gasteiger partial charge in [-0.05, 0) is 24.1 Å². The molecule has 23 heavy (non-hydrogen) atoms. The van der Waals surface area contributed by atoms with Gasteiger partial charge in [-0.15, -0.1) is 0 Å². The SMILES string of the molecule is O=C(NC(Cc1ccccn1)c1ccccc1)[N+]1=CCCC1.[Cl-]. The number of rotatable bonds is 4. The normalized spacial score (nSPS) is 14.5. The number of hydrogen-bond acceptors (Lipinski definition) is 2. The van der Waals surface area contributed by atoms with Gasteiger partial charge < -0.3 is 12.4 Å². The summed E-state index contributed by atoms with van der Waals surface area (Å²) in [5.74, 6) is 0. The molecule has 0 bridgehead atoms. The lowest BCUT2D eigenvalue weighted by Gasteiger charge is -2.14. The van der Waals surface area contributed by atoms with E-state index in [0.717, 1.165) is 30.6 Å². The van der Waals surface area contributed by atoms with E-state index in [9.17, 15) is 4.79 Å². The van der Waals surface area contributed by atoms with E-state index in [1.807, 2.05) is 54.7 Å². The number of aromatic nitrogens is 1. The highest BCUT2D eigenvalue weighted by molar-refractivity contribution is 5.72. The third kappa shape index (κ3) is 4.63. The van der Waals surface area contributed by atoms with Crippen LogP contribution in [0.1, 0.15) is 30.1 Å². The highest BCUT2D eigenvalue weighted by Gasteiger charge is 2.25. The van der Waals surface area contributed by atoms with Crippen LogP contribution in [0.2, 0.25) is 0 Å². The van der Waals surface area contributed by atoms with Crippen LogP contribution in [0, 0.1) is 0 Å².